The van der Waals surface area contributed by atoms with E-state index in [1.165, 1.54) is 4.31 Å². The Morgan fingerprint density at radius 3 is 2.04 bits per heavy atom. The standard InChI is InChI=1S/C18H31N3O3S/c1-7-20(8-2)17-12-11-15(25(23,24)21(9-3)10-4)13-16(17)19-18(22)14(5)6/h11-14H,7-10H2,1-6H3,(H,19,22). The number of hydrogen-bond donors (Lipinski definition) is 1. The van der Waals surface area contributed by atoms with Crippen molar-refractivity contribution in [2.75, 3.05) is 36.4 Å². The van der Waals surface area contributed by atoms with Gasteiger partial charge < -0.3 is 10.2 Å². The van der Waals surface area contributed by atoms with Gasteiger partial charge in [-0.2, -0.15) is 4.31 Å². The molecule has 142 valence electrons. The number of anilines is 2. The number of benzene rings is 1. The highest BCUT2D eigenvalue weighted by Crippen LogP contribution is 2.30. The molecule has 0 heterocycles. The summed E-state index contributed by atoms with van der Waals surface area (Å²) in [5.41, 5.74) is 1.37. The second-order valence-corrected chi connectivity index (χ2v) is 8.02. The summed E-state index contributed by atoms with van der Waals surface area (Å²) in [5, 5.41) is 2.88. The smallest absolute Gasteiger partial charge is 0.243 e. The van der Waals surface area contributed by atoms with E-state index in [1.807, 2.05) is 41.5 Å². The molecule has 1 rings (SSSR count). The molecule has 6 nitrogen and oxygen atoms in total. The molecular formula is C18H31N3O3S. The van der Waals surface area contributed by atoms with Crippen LogP contribution in [0.25, 0.3) is 0 Å². The Hall–Kier alpha value is -1.60. The molecule has 0 aromatic heterocycles. The zero-order valence-electron chi connectivity index (χ0n) is 16.2. The van der Waals surface area contributed by atoms with Gasteiger partial charge in [0, 0.05) is 32.1 Å². The van der Waals surface area contributed by atoms with Crippen LogP contribution in [0, 0.1) is 5.92 Å². The summed E-state index contributed by atoms with van der Waals surface area (Å²) in [5.74, 6) is -0.321. The molecule has 0 aliphatic rings. The number of rotatable bonds is 9. The van der Waals surface area contributed by atoms with E-state index < -0.39 is 10.0 Å². The average Bonchev–Trinajstić information content (AvgIpc) is 2.57. The molecule has 0 aliphatic heterocycles. The monoisotopic (exact) mass is 369 g/mol. The topological polar surface area (TPSA) is 69.7 Å². The summed E-state index contributed by atoms with van der Waals surface area (Å²) in [6.07, 6.45) is 0. The van der Waals surface area contributed by atoms with E-state index in [0.29, 0.717) is 18.8 Å². The van der Waals surface area contributed by atoms with Crippen LogP contribution < -0.4 is 10.2 Å². The van der Waals surface area contributed by atoms with Crippen LogP contribution in [0.5, 0.6) is 0 Å². The minimum absolute atomic E-state index is 0.134. The van der Waals surface area contributed by atoms with Gasteiger partial charge in [-0.3, -0.25) is 4.79 Å². The van der Waals surface area contributed by atoms with Crippen molar-refractivity contribution in [3.63, 3.8) is 0 Å². The van der Waals surface area contributed by atoms with Crippen molar-refractivity contribution in [3.8, 4) is 0 Å². The van der Waals surface area contributed by atoms with E-state index in [-0.39, 0.29) is 16.7 Å². The van der Waals surface area contributed by atoms with Crippen LogP contribution in [0.2, 0.25) is 0 Å². The lowest BCUT2D eigenvalue weighted by molar-refractivity contribution is -0.118. The first-order chi connectivity index (χ1) is 11.7. The fraction of sp³-hybridized carbons (Fsp3) is 0.611. The first kappa shape index (κ1) is 21.4. The Bertz CT molecular complexity index is 679. The molecule has 1 aromatic rings. The van der Waals surface area contributed by atoms with Gasteiger partial charge in [-0.25, -0.2) is 8.42 Å². The van der Waals surface area contributed by atoms with E-state index in [0.717, 1.165) is 18.8 Å². The Morgan fingerprint density at radius 1 is 1.04 bits per heavy atom. The lowest BCUT2D eigenvalue weighted by atomic mass is 10.2. The highest BCUT2D eigenvalue weighted by molar-refractivity contribution is 7.89. The van der Waals surface area contributed by atoms with Gasteiger partial charge in [-0.15, -0.1) is 0 Å². The number of amides is 1. The molecule has 1 N–H and O–H groups in total. The molecule has 1 amide bonds. The van der Waals surface area contributed by atoms with Crippen LogP contribution in [-0.2, 0) is 14.8 Å². The number of carbonyl (C=O) groups is 1. The fourth-order valence-electron chi connectivity index (χ4n) is 2.61. The molecule has 0 bridgehead atoms. The predicted molar refractivity (Wildman–Crippen MR) is 104 cm³/mol. The Morgan fingerprint density at radius 2 is 1.60 bits per heavy atom. The van der Waals surface area contributed by atoms with Crippen LogP contribution >= 0.6 is 0 Å². The lowest BCUT2D eigenvalue weighted by Crippen LogP contribution is -2.31. The normalized spacial score (nSPS) is 11.8. The maximum atomic E-state index is 12.8. The van der Waals surface area contributed by atoms with Gasteiger partial charge in [0.25, 0.3) is 0 Å². The SMILES string of the molecule is CCN(CC)c1ccc(S(=O)(=O)N(CC)CC)cc1NC(=O)C(C)C. The van der Waals surface area contributed by atoms with Crippen molar-refractivity contribution in [1.82, 2.24) is 4.31 Å². The molecule has 0 aliphatic carbocycles. The van der Waals surface area contributed by atoms with Gasteiger partial charge in [-0.05, 0) is 32.0 Å². The number of nitrogens with zero attached hydrogens (tertiary/aromatic N) is 2. The van der Waals surface area contributed by atoms with Crippen molar-refractivity contribution in [2.24, 2.45) is 5.92 Å². The molecule has 25 heavy (non-hydrogen) atoms. The van der Waals surface area contributed by atoms with Crippen molar-refractivity contribution >= 4 is 27.3 Å². The quantitative estimate of drug-likeness (QED) is 0.726. The molecule has 0 atom stereocenters. The minimum Gasteiger partial charge on any atom is -0.370 e. The largest absolute Gasteiger partial charge is 0.370 e. The summed E-state index contributed by atoms with van der Waals surface area (Å²) in [7, 11) is -3.57. The average molecular weight is 370 g/mol. The van der Waals surface area contributed by atoms with E-state index >= 15 is 0 Å². The van der Waals surface area contributed by atoms with Crippen LogP contribution in [0.4, 0.5) is 11.4 Å². The number of nitrogens with one attached hydrogen (secondary N) is 1. The van der Waals surface area contributed by atoms with Gasteiger partial charge in [0.1, 0.15) is 0 Å². The third kappa shape index (κ3) is 4.95. The van der Waals surface area contributed by atoms with E-state index in [4.69, 9.17) is 0 Å². The van der Waals surface area contributed by atoms with Gasteiger partial charge in [0.15, 0.2) is 0 Å². The van der Waals surface area contributed by atoms with Crippen molar-refractivity contribution in [2.45, 2.75) is 46.4 Å². The predicted octanol–water partition coefficient (Wildman–Crippen LogP) is 3.16. The van der Waals surface area contributed by atoms with Gasteiger partial charge in [-0.1, -0.05) is 27.7 Å². The summed E-state index contributed by atoms with van der Waals surface area (Å²) < 4.78 is 27.0. The van der Waals surface area contributed by atoms with Crippen molar-refractivity contribution in [3.05, 3.63) is 18.2 Å². The molecule has 0 fully saturated rings. The highest BCUT2D eigenvalue weighted by Gasteiger charge is 2.24. The Balaban J connectivity index is 3.44. The molecule has 0 unspecified atom stereocenters. The summed E-state index contributed by atoms with van der Waals surface area (Å²) in [4.78, 5) is 14.5. The zero-order chi connectivity index (χ0) is 19.2. The molecule has 1 aromatic carbocycles. The van der Waals surface area contributed by atoms with Crippen LogP contribution in [0.1, 0.15) is 41.5 Å². The molecular weight excluding hydrogens is 338 g/mol. The van der Waals surface area contributed by atoms with E-state index in [1.54, 1.807) is 18.2 Å². The van der Waals surface area contributed by atoms with Gasteiger partial charge in [0.2, 0.25) is 15.9 Å². The first-order valence-electron chi connectivity index (χ1n) is 8.92. The number of sulfonamides is 1. The third-order valence-corrected chi connectivity index (χ3v) is 6.24. The Labute approximate surface area is 152 Å². The number of carbonyl (C=O) groups excluding carboxylic acids is 1. The fourth-order valence-corrected chi connectivity index (χ4v) is 4.09. The molecule has 0 spiro atoms. The van der Waals surface area contributed by atoms with Crippen LogP contribution in [0.3, 0.4) is 0 Å². The van der Waals surface area contributed by atoms with E-state index in [2.05, 4.69) is 10.2 Å². The van der Waals surface area contributed by atoms with E-state index in [9.17, 15) is 13.2 Å². The van der Waals surface area contributed by atoms with Crippen LogP contribution in [0.15, 0.2) is 23.1 Å². The summed E-state index contributed by atoms with van der Waals surface area (Å²) in [6, 6.07) is 4.97. The first-order valence-corrected chi connectivity index (χ1v) is 10.4. The second-order valence-electron chi connectivity index (χ2n) is 6.08. The maximum absolute atomic E-state index is 12.8. The maximum Gasteiger partial charge on any atom is 0.243 e. The molecule has 7 heteroatoms. The zero-order valence-corrected chi connectivity index (χ0v) is 17.0. The summed E-state index contributed by atoms with van der Waals surface area (Å²) in [6.45, 7) is 13.6. The lowest BCUT2D eigenvalue weighted by Gasteiger charge is -2.26. The van der Waals surface area contributed by atoms with Crippen molar-refractivity contribution in [1.29, 1.82) is 0 Å². The molecule has 0 saturated carbocycles. The number of hydrogen-bond acceptors (Lipinski definition) is 4. The van der Waals surface area contributed by atoms with Gasteiger partial charge >= 0.3 is 0 Å². The second kappa shape index (κ2) is 9.20. The third-order valence-electron chi connectivity index (χ3n) is 4.20. The summed E-state index contributed by atoms with van der Waals surface area (Å²) >= 11 is 0. The molecule has 0 radical (unpaired) electrons. The van der Waals surface area contributed by atoms with Crippen molar-refractivity contribution < 1.29 is 13.2 Å². The molecule has 0 saturated heterocycles. The van der Waals surface area contributed by atoms with Crippen LogP contribution in [-0.4, -0.2) is 44.8 Å². The highest BCUT2D eigenvalue weighted by atomic mass is 32.2. The Kier molecular flexibility index (Phi) is 7.89. The minimum atomic E-state index is -3.57. The van der Waals surface area contributed by atoms with Gasteiger partial charge in [0.05, 0.1) is 16.3 Å².